The highest BCUT2D eigenvalue weighted by molar-refractivity contribution is 6.31. The fraction of sp³-hybridized carbons (Fsp3) is 0.500. The van der Waals surface area contributed by atoms with Crippen LogP contribution in [-0.2, 0) is 26.2 Å². The minimum Gasteiger partial charge on any atom is -0.481 e. The van der Waals surface area contributed by atoms with Crippen LogP contribution in [0.3, 0.4) is 0 Å². The highest BCUT2D eigenvalue weighted by atomic mass is 35.5. The van der Waals surface area contributed by atoms with Crippen molar-refractivity contribution in [2.75, 3.05) is 5.32 Å². The Bertz CT molecular complexity index is 1240. The molecule has 1 amide bonds. The van der Waals surface area contributed by atoms with Gasteiger partial charge in [-0.1, -0.05) is 70.5 Å². The maximum atomic E-state index is 13.1. The second kappa shape index (κ2) is 11.2. The fourth-order valence-corrected chi connectivity index (χ4v) is 5.52. The molecule has 0 saturated heterocycles. The molecular weight excluding hydrogens is 520 g/mol. The molecule has 2 aromatic rings. The number of rotatable bonds is 9. The van der Waals surface area contributed by atoms with Gasteiger partial charge in [-0.2, -0.15) is 0 Å². The maximum Gasteiger partial charge on any atom is 0.326 e. The van der Waals surface area contributed by atoms with Gasteiger partial charge >= 0.3 is 11.9 Å². The van der Waals surface area contributed by atoms with Crippen molar-refractivity contribution < 1.29 is 29.7 Å². The molecule has 1 aliphatic carbocycles. The van der Waals surface area contributed by atoms with E-state index in [0.29, 0.717) is 34.7 Å². The van der Waals surface area contributed by atoms with Crippen LogP contribution in [0, 0.1) is 16.7 Å². The molecule has 0 spiro atoms. The van der Waals surface area contributed by atoms with Crippen molar-refractivity contribution >= 4 is 35.1 Å². The van der Waals surface area contributed by atoms with Gasteiger partial charge in [0, 0.05) is 28.6 Å². The summed E-state index contributed by atoms with van der Waals surface area (Å²) in [6.07, 6.45) is -0.278. The molecule has 0 bridgehead atoms. The van der Waals surface area contributed by atoms with E-state index < -0.39 is 46.9 Å². The molecule has 1 saturated carbocycles. The highest BCUT2D eigenvalue weighted by Crippen LogP contribution is 2.56. The van der Waals surface area contributed by atoms with Crippen LogP contribution >= 0.6 is 11.6 Å². The third-order valence-electron chi connectivity index (χ3n) is 8.49. The van der Waals surface area contributed by atoms with Crippen molar-refractivity contribution in [3.8, 4) is 0 Å². The molecular formula is C30H39ClN2O6. The number of halogens is 1. The molecule has 0 heterocycles. The number of aliphatic carboxylic acids is 2. The Morgan fingerprint density at radius 3 is 2.15 bits per heavy atom. The van der Waals surface area contributed by atoms with E-state index >= 15 is 0 Å². The van der Waals surface area contributed by atoms with E-state index in [-0.39, 0.29) is 11.8 Å². The molecule has 1 fully saturated rings. The molecule has 2 aromatic carbocycles. The van der Waals surface area contributed by atoms with Gasteiger partial charge in [-0.05, 0) is 59.9 Å². The number of carbonyl (C=O) groups is 3. The summed E-state index contributed by atoms with van der Waals surface area (Å²) in [5, 5.41) is 36.3. The number of amides is 1. The van der Waals surface area contributed by atoms with Gasteiger partial charge in [-0.3, -0.25) is 9.59 Å². The predicted molar refractivity (Wildman–Crippen MR) is 151 cm³/mol. The molecule has 5 N–H and O–H groups in total. The number of nitrogens with one attached hydrogen (secondary N) is 2. The van der Waals surface area contributed by atoms with Crippen LogP contribution in [0.2, 0.25) is 5.02 Å². The van der Waals surface area contributed by atoms with Gasteiger partial charge in [0.1, 0.15) is 6.04 Å². The standard InChI is InChI=1S/C30H39ClN2O6/c1-28(2,3)18-9-12-20(22(31)16-18)24(34)32-19-10-7-17(8-11-19)15-23(26(36)37)33-25(35)21-13-14-30(6,27(38)39)29(21,4)5/h7-12,16,21,23-24,32,34H,13-15H2,1-6H3,(H,33,35)(H,36,37)(H,38,39)/t21-,23+,24?,30+/m1/s1. The first-order valence-corrected chi connectivity index (χ1v) is 13.4. The van der Waals surface area contributed by atoms with Crippen LogP contribution in [0.5, 0.6) is 0 Å². The third-order valence-corrected chi connectivity index (χ3v) is 8.81. The summed E-state index contributed by atoms with van der Waals surface area (Å²) in [7, 11) is 0. The predicted octanol–water partition coefficient (Wildman–Crippen LogP) is 5.38. The fourth-order valence-electron chi connectivity index (χ4n) is 5.24. The smallest absolute Gasteiger partial charge is 0.326 e. The molecule has 4 atom stereocenters. The van der Waals surface area contributed by atoms with Crippen molar-refractivity contribution in [2.45, 2.75) is 78.5 Å². The average Bonchev–Trinajstić information content (AvgIpc) is 3.08. The molecule has 212 valence electrons. The number of hydrogen-bond acceptors (Lipinski definition) is 5. The largest absolute Gasteiger partial charge is 0.481 e. The minimum absolute atomic E-state index is 0.0490. The van der Waals surface area contributed by atoms with Crippen LogP contribution in [-0.4, -0.2) is 39.2 Å². The number of aliphatic hydroxyl groups is 1. The lowest BCUT2D eigenvalue weighted by Gasteiger charge is -2.38. The van der Waals surface area contributed by atoms with Crippen LogP contribution in [0.25, 0.3) is 0 Å². The first-order chi connectivity index (χ1) is 18.0. The summed E-state index contributed by atoms with van der Waals surface area (Å²) in [5.41, 5.74) is 0.901. The van der Waals surface area contributed by atoms with Gasteiger partial charge < -0.3 is 26.0 Å². The number of benzene rings is 2. The number of hydrogen-bond donors (Lipinski definition) is 5. The van der Waals surface area contributed by atoms with Crippen molar-refractivity contribution in [2.24, 2.45) is 16.7 Å². The zero-order valence-electron chi connectivity index (χ0n) is 23.3. The Labute approximate surface area is 234 Å². The molecule has 0 aliphatic heterocycles. The Morgan fingerprint density at radius 1 is 1.05 bits per heavy atom. The minimum atomic E-state index is -1.17. The second-order valence-corrected chi connectivity index (χ2v) is 12.7. The zero-order valence-corrected chi connectivity index (χ0v) is 24.1. The molecule has 0 radical (unpaired) electrons. The van der Waals surface area contributed by atoms with E-state index in [2.05, 4.69) is 31.4 Å². The molecule has 1 unspecified atom stereocenters. The monoisotopic (exact) mass is 558 g/mol. The van der Waals surface area contributed by atoms with Crippen LogP contribution in [0.1, 0.15) is 77.3 Å². The van der Waals surface area contributed by atoms with E-state index in [4.69, 9.17) is 11.6 Å². The Kier molecular flexibility index (Phi) is 8.73. The Balaban J connectivity index is 1.66. The third kappa shape index (κ3) is 6.39. The number of aliphatic hydroxyl groups excluding tert-OH is 1. The van der Waals surface area contributed by atoms with Crippen LogP contribution in [0.15, 0.2) is 42.5 Å². The molecule has 8 nitrogen and oxygen atoms in total. The maximum absolute atomic E-state index is 13.1. The van der Waals surface area contributed by atoms with Crippen molar-refractivity contribution in [3.63, 3.8) is 0 Å². The Morgan fingerprint density at radius 2 is 1.67 bits per heavy atom. The van der Waals surface area contributed by atoms with E-state index in [1.54, 1.807) is 51.1 Å². The van der Waals surface area contributed by atoms with Gasteiger partial charge in [-0.25, -0.2) is 4.79 Å². The molecule has 0 aromatic heterocycles. The summed E-state index contributed by atoms with van der Waals surface area (Å²) in [6.45, 7) is 11.4. The lowest BCUT2D eigenvalue weighted by molar-refractivity contribution is -0.155. The van der Waals surface area contributed by atoms with Crippen LogP contribution in [0.4, 0.5) is 5.69 Å². The first kappa shape index (κ1) is 30.4. The van der Waals surface area contributed by atoms with E-state index in [1.807, 2.05) is 12.1 Å². The summed E-state index contributed by atoms with van der Waals surface area (Å²) >= 11 is 6.43. The molecule has 3 rings (SSSR count). The lowest BCUT2D eigenvalue weighted by Crippen LogP contribution is -2.49. The number of anilines is 1. The number of carboxylic acids is 2. The summed E-state index contributed by atoms with van der Waals surface area (Å²) < 4.78 is 0. The topological polar surface area (TPSA) is 136 Å². The van der Waals surface area contributed by atoms with Gasteiger partial charge in [0.2, 0.25) is 5.91 Å². The van der Waals surface area contributed by atoms with E-state index in [9.17, 15) is 29.7 Å². The second-order valence-electron chi connectivity index (χ2n) is 12.3. The van der Waals surface area contributed by atoms with Crippen molar-refractivity contribution in [1.82, 2.24) is 5.32 Å². The van der Waals surface area contributed by atoms with Gasteiger partial charge in [0.15, 0.2) is 6.23 Å². The van der Waals surface area contributed by atoms with Crippen LogP contribution < -0.4 is 10.6 Å². The summed E-state index contributed by atoms with van der Waals surface area (Å²) in [4.78, 5) is 36.9. The average molecular weight is 559 g/mol. The van der Waals surface area contributed by atoms with E-state index in [0.717, 1.165) is 5.56 Å². The molecule has 39 heavy (non-hydrogen) atoms. The Hall–Kier alpha value is -3.10. The van der Waals surface area contributed by atoms with Gasteiger partial charge in [0.05, 0.1) is 5.41 Å². The SMILES string of the molecule is CC(C)(C)c1ccc(C(O)Nc2ccc(C[C@H](NC(=O)[C@H]3CC[C@@](C)(C(=O)O)C3(C)C)C(=O)O)cc2)c(Cl)c1. The lowest BCUT2D eigenvalue weighted by atomic mass is 9.65. The number of carboxylic acid groups (broad SMARTS) is 2. The highest BCUT2D eigenvalue weighted by Gasteiger charge is 2.58. The summed E-state index contributed by atoms with van der Waals surface area (Å²) in [5.74, 6) is -3.20. The van der Waals surface area contributed by atoms with E-state index in [1.165, 1.54) is 0 Å². The number of carbonyl (C=O) groups excluding carboxylic acids is 1. The summed E-state index contributed by atoms with van der Waals surface area (Å²) in [6, 6.07) is 11.3. The van der Waals surface area contributed by atoms with Crippen molar-refractivity contribution in [3.05, 3.63) is 64.2 Å². The van der Waals surface area contributed by atoms with Crippen molar-refractivity contribution in [1.29, 1.82) is 0 Å². The normalized spacial score (nSPS) is 22.1. The quantitative estimate of drug-likeness (QED) is 0.261. The zero-order chi connectivity index (χ0) is 29.3. The molecule has 1 aliphatic rings. The first-order valence-electron chi connectivity index (χ1n) is 13.1. The molecule has 9 heteroatoms. The van der Waals surface area contributed by atoms with Gasteiger partial charge in [0.25, 0.3) is 0 Å². The van der Waals surface area contributed by atoms with Gasteiger partial charge in [-0.15, -0.1) is 0 Å².